The third-order valence-corrected chi connectivity index (χ3v) is 10.7. The van der Waals surface area contributed by atoms with E-state index < -0.39 is 8.32 Å². The highest BCUT2D eigenvalue weighted by Gasteiger charge is 2.37. The fourth-order valence-electron chi connectivity index (χ4n) is 2.93. The Balaban J connectivity index is 1.95. The van der Waals surface area contributed by atoms with Crippen LogP contribution in [-0.4, -0.2) is 34.2 Å². The first kappa shape index (κ1) is 25.6. The van der Waals surface area contributed by atoms with Crippen molar-refractivity contribution >= 4 is 8.32 Å². The Labute approximate surface area is 190 Å². The van der Waals surface area contributed by atoms with Crippen molar-refractivity contribution in [2.24, 2.45) is 0 Å². The van der Waals surface area contributed by atoms with Crippen molar-refractivity contribution in [2.45, 2.75) is 77.7 Å². The Morgan fingerprint density at radius 1 is 0.839 bits per heavy atom. The zero-order chi connectivity index (χ0) is 22.9. The van der Waals surface area contributed by atoms with Gasteiger partial charge in [-0.15, -0.1) is 0 Å². The summed E-state index contributed by atoms with van der Waals surface area (Å²) in [5, 5.41) is 0.198. The molecule has 0 saturated carbocycles. The lowest BCUT2D eigenvalue weighted by atomic mass is 10.1. The molecule has 0 aromatic heterocycles. The van der Waals surface area contributed by atoms with E-state index in [0.717, 1.165) is 17.7 Å². The molecule has 172 valence electrons. The van der Waals surface area contributed by atoms with Gasteiger partial charge < -0.3 is 18.6 Å². The SMILES string of the molecule is COc1ccc(CO[C@@H](C)[C@@H](CCO[Si](C)(C)C(C)(C)C)OCc2ccccc2)cc1. The highest BCUT2D eigenvalue weighted by Crippen LogP contribution is 2.36. The molecule has 0 saturated heterocycles. The molecule has 4 nitrogen and oxygen atoms in total. The molecule has 0 bridgehead atoms. The molecule has 0 aliphatic carbocycles. The summed E-state index contributed by atoms with van der Waals surface area (Å²) in [5.74, 6) is 0.851. The van der Waals surface area contributed by atoms with E-state index in [1.54, 1.807) is 7.11 Å². The topological polar surface area (TPSA) is 36.9 Å². The van der Waals surface area contributed by atoms with Crippen LogP contribution in [0, 0.1) is 0 Å². The summed E-state index contributed by atoms with van der Waals surface area (Å²) in [6, 6.07) is 18.3. The normalized spacial score (nSPS) is 14.3. The lowest BCUT2D eigenvalue weighted by molar-refractivity contribution is -0.0842. The van der Waals surface area contributed by atoms with E-state index in [2.05, 4.69) is 52.9 Å². The fourth-order valence-corrected chi connectivity index (χ4v) is 4.00. The summed E-state index contributed by atoms with van der Waals surface area (Å²) in [6.45, 7) is 15.3. The van der Waals surface area contributed by atoms with Gasteiger partial charge in [-0.25, -0.2) is 0 Å². The van der Waals surface area contributed by atoms with Crippen LogP contribution in [0.4, 0.5) is 0 Å². The Hall–Kier alpha value is -1.66. The highest BCUT2D eigenvalue weighted by molar-refractivity contribution is 6.74. The van der Waals surface area contributed by atoms with Gasteiger partial charge in [-0.2, -0.15) is 0 Å². The second-order valence-electron chi connectivity index (χ2n) is 9.60. The number of hydrogen-bond acceptors (Lipinski definition) is 4. The smallest absolute Gasteiger partial charge is 0.191 e. The van der Waals surface area contributed by atoms with Crippen LogP contribution in [0.1, 0.15) is 45.2 Å². The summed E-state index contributed by atoms with van der Waals surface area (Å²) in [6.07, 6.45) is 0.723. The van der Waals surface area contributed by atoms with Crippen molar-refractivity contribution < 1.29 is 18.6 Å². The van der Waals surface area contributed by atoms with Crippen LogP contribution in [0.25, 0.3) is 0 Å². The van der Waals surface area contributed by atoms with E-state index in [-0.39, 0.29) is 17.2 Å². The maximum absolute atomic E-state index is 6.40. The third kappa shape index (κ3) is 8.41. The van der Waals surface area contributed by atoms with Crippen LogP contribution in [0.3, 0.4) is 0 Å². The maximum atomic E-state index is 6.40. The first-order valence-corrected chi connectivity index (χ1v) is 14.1. The standard InChI is InChI=1S/C26H40O4Si/c1-21(28-19-23-13-15-24(27-5)16-14-23)25(29-20-22-11-9-8-10-12-22)17-18-30-31(6,7)26(2,3)4/h8-16,21,25H,17-20H2,1-7H3/t21-,25+/m0/s1. The molecular weight excluding hydrogens is 404 g/mol. The fraction of sp³-hybridized carbons (Fsp3) is 0.538. The van der Waals surface area contributed by atoms with Crippen molar-refractivity contribution in [1.82, 2.24) is 0 Å². The van der Waals surface area contributed by atoms with Gasteiger partial charge in [-0.3, -0.25) is 0 Å². The summed E-state index contributed by atoms with van der Waals surface area (Å²) < 4.78 is 24.1. The van der Waals surface area contributed by atoms with Gasteiger partial charge in [0.05, 0.1) is 32.5 Å². The molecule has 0 unspecified atom stereocenters. The van der Waals surface area contributed by atoms with E-state index >= 15 is 0 Å². The van der Waals surface area contributed by atoms with E-state index in [1.165, 1.54) is 5.56 Å². The zero-order valence-electron chi connectivity index (χ0n) is 20.3. The number of benzene rings is 2. The maximum Gasteiger partial charge on any atom is 0.191 e. The summed E-state index contributed by atoms with van der Waals surface area (Å²) >= 11 is 0. The lowest BCUT2D eigenvalue weighted by Crippen LogP contribution is -2.42. The molecule has 5 heteroatoms. The molecule has 0 aliphatic rings. The molecule has 0 amide bonds. The van der Waals surface area contributed by atoms with Gasteiger partial charge in [0.2, 0.25) is 0 Å². The van der Waals surface area contributed by atoms with E-state index in [4.69, 9.17) is 18.6 Å². The van der Waals surface area contributed by atoms with E-state index in [9.17, 15) is 0 Å². The van der Waals surface area contributed by atoms with Gasteiger partial charge in [0.25, 0.3) is 0 Å². The summed E-state index contributed by atoms with van der Waals surface area (Å²) in [4.78, 5) is 0. The number of hydrogen-bond donors (Lipinski definition) is 0. The van der Waals surface area contributed by atoms with E-state index in [1.807, 2.05) is 42.5 Å². The Bertz CT molecular complexity index is 753. The minimum Gasteiger partial charge on any atom is -0.497 e. The van der Waals surface area contributed by atoms with Crippen LogP contribution in [0.15, 0.2) is 54.6 Å². The largest absolute Gasteiger partial charge is 0.497 e. The lowest BCUT2D eigenvalue weighted by Gasteiger charge is -2.36. The van der Waals surface area contributed by atoms with Gasteiger partial charge in [0.1, 0.15) is 5.75 Å². The van der Waals surface area contributed by atoms with Gasteiger partial charge in [-0.1, -0.05) is 63.2 Å². The van der Waals surface area contributed by atoms with Crippen LogP contribution >= 0.6 is 0 Å². The summed E-state index contributed by atoms with van der Waals surface area (Å²) in [5.41, 5.74) is 2.28. The molecular formula is C26H40O4Si. The van der Waals surface area contributed by atoms with Crippen molar-refractivity contribution in [3.63, 3.8) is 0 Å². The van der Waals surface area contributed by atoms with Gasteiger partial charge in [0, 0.05) is 6.61 Å². The van der Waals surface area contributed by atoms with Crippen molar-refractivity contribution in [2.75, 3.05) is 13.7 Å². The third-order valence-electron chi connectivity index (χ3n) is 6.17. The van der Waals surface area contributed by atoms with Gasteiger partial charge in [0.15, 0.2) is 8.32 Å². The first-order chi connectivity index (χ1) is 14.6. The Morgan fingerprint density at radius 3 is 2.00 bits per heavy atom. The highest BCUT2D eigenvalue weighted by atomic mass is 28.4. The van der Waals surface area contributed by atoms with Crippen LogP contribution in [0.2, 0.25) is 18.1 Å². The Kier molecular flexibility index (Phi) is 9.75. The monoisotopic (exact) mass is 444 g/mol. The number of rotatable bonds is 12. The minimum atomic E-state index is -1.78. The second-order valence-corrected chi connectivity index (χ2v) is 14.4. The molecule has 0 radical (unpaired) electrons. The average Bonchev–Trinajstić information content (AvgIpc) is 2.74. The predicted octanol–water partition coefficient (Wildman–Crippen LogP) is 6.60. The van der Waals surface area contributed by atoms with Crippen molar-refractivity contribution in [3.05, 3.63) is 65.7 Å². The number of methoxy groups -OCH3 is 1. The zero-order valence-corrected chi connectivity index (χ0v) is 21.3. The molecule has 2 rings (SSSR count). The Morgan fingerprint density at radius 2 is 1.42 bits per heavy atom. The molecule has 0 aliphatic heterocycles. The van der Waals surface area contributed by atoms with E-state index in [0.29, 0.717) is 19.8 Å². The molecule has 2 aromatic rings. The van der Waals surface area contributed by atoms with Crippen LogP contribution in [0.5, 0.6) is 5.75 Å². The summed E-state index contributed by atoms with van der Waals surface area (Å²) in [7, 11) is -0.107. The first-order valence-electron chi connectivity index (χ1n) is 11.2. The van der Waals surface area contributed by atoms with Crippen LogP contribution < -0.4 is 4.74 Å². The van der Waals surface area contributed by atoms with Gasteiger partial charge in [-0.05, 0) is 54.7 Å². The van der Waals surface area contributed by atoms with Crippen LogP contribution in [-0.2, 0) is 27.1 Å². The quantitative estimate of drug-likeness (QED) is 0.346. The molecule has 0 spiro atoms. The van der Waals surface area contributed by atoms with Crippen molar-refractivity contribution in [3.8, 4) is 5.75 Å². The molecule has 0 N–H and O–H groups in total. The molecule has 2 atom stereocenters. The minimum absolute atomic E-state index is 0.0387. The number of ether oxygens (including phenoxy) is 3. The molecule has 31 heavy (non-hydrogen) atoms. The molecule has 0 heterocycles. The van der Waals surface area contributed by atoms with Crippen molar-refractivity contribution in [1.29, 1.82) is 0 Å². The predicted molar refractivity (Wildman–Crippen MR) is 130 cm³/mol. The second kappa shape index (κ2) is 11.8. The molecule has 2 aromatic carbocycles. The van der Waals surface area contributed by atoms with Gasteiger partial charge >= 0.3 is 0 Å². The molecule has 0 fully saturated rings. The average molecular weight is 445 g/mol.